The van der Waals surface area contributed by atoms with Crippen LogP contribution in [0.15, 0.2) is 18.2 Å². The number of rotatable bonds is 0. The summed E-state index contributed by atoms with van der Waals surface area (Å²) in [6, 6.07) is 6.11. The Balaban J connectivity index is 2.82. The van der Waals surface area contributed by atoms with E-state index >= 15 is 0 Å². The molecule has 1 heterocycles. The van der Waals surface area contributed by atoms with Crippen LogP contribution < -0.4 is 0 Å². The van der Waals surface area contributed by atoms with Crippen molar-refractivity contribution >= 4 is 27.5 Å². The number of nitrogens with zero attached hydrogens (tertiary/aromatic N) is 3. The van der Waals surface area contributed by atoms with Crippen molar-refractivity contribution in [2.24, 2.45) is 0 Å². The lowest BCUT2D eigenvalue weighted by Gasteiger charge is -1.87. The summed E-state index contributed by atoms with van der Waals surface area (Å²) in [7, 11) is 0. The molecule has 54 valence electrons. The number of aryl methyl sites for hydroxylation is 1. The first kappa shape index (κ1) is 6.84. The van der Waals surface area contributed by atoms with Crippen LogP contribution in [-0.4, -0.2) is 30.5 Å². The molecular formula is C7H8AlN3. The highest BCUT2D eigenvalue weighted by molar-refractivity contribution is 6.05. The van der Waals surface area contributed by atoms with Crippen LogP contribution in [0.2, 0.25) is 0 Å². The van der Waals surface area contributed by atoms with Crippen molar-refractivity contribution in [3.8, 4) is 0 Å². The zero-order valence-electron chi connectivity index (χ0n) is 6.57. The lowest BCUT2D eigenvalue weighted by Crippen LogP contribution is -1.94. The fourth-order valence-electron chi connectivity index (χ4n) is 1.13. The van der Waals surface area contributed by atoms with Crippen LogP contribution in [0.4, 0.5) is 0 Å². The van der Waals surface area contributed by atoms with Crippen LogP contribution in [0.5, 0.6) is 0 Å². The minimum Gasteiger partial charge on any atom is -0.300 e. The molecule has 0 spiro atoms. The number of fused-ring (bicyclic) bond motifs is 1. The van der Waals surface area contributed by atoms with Crippen LogP contribution in [0.3, 0.4) is 0 Å². The second-order valence-corrected chi connectivity index (χ2v) is 3.48. The Morgan fingerprint density at radius 2 is 2.00 bits per heavy atom. The highest BCUT2D eigenvalue weighted by Gasteiger charge is 1.97. The first-order valence-corrected chi connectivity index (χ1v) is 4.43. The summed E-state index contributed by atoms with van der Waals surface area (Å²) in [6.07, 6.45) is 0. The van der Waals surface area contributed by atoms with Crippen LogP contribution in [0.25, 0.3) is 11.0 Å². The van der Waals surface area contributed by atoms with E-state index in [1.165, 1.54) is 5.56 Å². The van der Waals surface area contributed by atoms with Gasteiger partial charge in [-0.25, -0.2) is 0 Å². The molecule has 1 aromatic heterocycles. The monoisotopic (exact) mass is 161 g/mol. The number of hydrogen-bond acceptors (Lipinski definition) is 2. The van der Waals surface area contributed by atoms with Crippen molar-refractivity contribution in [1.29, 1.82) is 0 Å². The van der Waals surface area contributed by atoms with Crippen LogP contribution >= 0.6 is 0 Å². The topological polar surface area (TPSA) is 30.7 Å². The van der Waals surface area contributed by atoms with Gasteiger partial charge in [0.15, 0.2) is 0 Å². The van der Waals surface area contributed by atoms with Gasteiger partial charge in [-0.3, -0.25) is 3.78 Å². The number of hydrogen-bond donors (Lipinski definition) is 0. The minimum atomic E-state index is 0.855. The molecule has 3 nitrogen and oxygen atoms in total. The summed E-state index contributed by atoms with van der Waals surface area (Å²) in [5.74, 6) is 0. The Hall–Kier alpha value is -0.848. The Labute approximate surface area is 72.7 Å². The molecule has 0 aliphatic carbocycles. The van der Waals surface area contributed by atoms with Crippen LogP contribution in [0, 0.1) is 6.92 Å². The minimum absolute atomic E-state index is 0.855. The van der Waals surface area contributed by atoms with E-state index in [1.54, 1.807) is 3.78 Å². The summed E-state index contributed by atoms with van der Waals surface area (Å²) in [6.45, 7) is 2.06. The quantitative estimate of drug-likeness (QED) is 0.514. The lowest BCUT2D eigenvalue weighted by molar-refractivity contribution is 0.863. The molecule has 2 aromatic rings. The average Bonchev–Trinajstić information content (AvgIpc) is 2.27. The molecule has 0 saturated heterocycles. The first-order chi connectivity index (χ1) is 5.25. The molecule has 0 radical (unpaired) electrons. The largest absolute Gasteiger partial charge is 0.432 e. The molecule has 0 aliphatic heterocycles. The average molecular weight is 161 g/mol. The van der Waals surface area contributed by atoms with Crippen LogP contribution in [-0.2, 0) is 0 Å². The SMILES string of the molecule is Cc1ccc2n[n]([AlH2])nc2c1. The summed E-state index contributed by atoms with van der Waals surface area (Å²) < 4.78 is 1.73. The summed E-state index contributed by atoms with van der Waals surface area (Å²) in [5.41, 5.74) is 3.23. The van der Waals surface area contributed by atoms with E-state index in [0.717, 1.165) is 27.5 Å². The van der Waals surface area contributed by atoms with E-state index < -0.39 is 0 Å². The van der Waals surface area contributed by atoms with Crippen molar-refractivity contribution in [1.82, 2.24) is 14.0 Å². The molecule has 4 heteroatoms. The third kappa shape index (κ3) is 1.15. The van der Waals surface area contributed by atoms with Crippen molar-refractivity contribution in [2.75, 3.05) is 0 Å². The van der Waals surface area contributed by atoms with Gasteiger partial charge < -0.3 is 0 Å². The molecule has 0 bridgehead atoms. The Morgan fingerprint density at radius 3 is 2.82 bits per heavy atom. The zero-order chi connectivity index (χ0) is 7.84. The van der Waals surface area contributed by atoms with E-state index in [0.29, 0.717) is 0 Å². The molecule has 0 fully saturated rings. The van der Waals surface area contributed by atoms with E-state index in [9.17, 15) is 0 Å². The molecular weight excluding hydrogens is 153 g/mol. The fraction of sp³-hybridized carbons (Fsp3) is 0.143. The zero-order valence-corrected chi connectivity index (χ0v) is 8.57. The van der Waals surface area contributed by atoms with E-state index in [2.05, 4.69) is 29.3 Å². The van der Waals surface area contributed by atoms with E-state index in [4.69, 9.17) is 0 Å². The Morgan fingerprint density at radius 1 is 1.27 bits per heavy atom. The van der Waals surface area contributed by atoms with E-state index in [-0.39, 0.29) is 0 Å². The summed E-state index contributed by atoms with van der Waals surface area (Å²) in [4.78, 5) is 0. The van der Waals surface area contributed by atoms with Gasteiger partial charge in [-0.05, 0) is 24.6 Å². The van der Waals surface area contributed by atoms with Crippen molar-refractivity contribution in [2.45, 2.75) is 6.92 Å². The van der Waals surface area contributed by atoms with Gasteiger partial charge in [0.2, 0.25) is 0 Å². The van der Waals surface area contributed by atoms with E-state index in [1.807, 2.05) is 6.07 Å². The molecule has 0 amide bonds. The maximum atomic E-state index is 4.24. The lowest BCUT2D eigenvalue weighted by atomic mass is 10.2. The van der Waals surface area contributed by atoms with Crippen LogP contribution in [0.1, 0.15) is 5.56 Å². The van der Waals surface area contributed by atoms with Crippen molar-refractivity contribution < 1.29 is 0 Å². The third-order valence-corrected chi connectivity index (χ3v) is 2.04. The molecule has 0 N–H and O–H groups in total. The van der Waals surface area contributed by atoms with Gasteiger partial charge in [0.25, 0.3) is 0 Å². The molecule has 0 unspecified atom stereocenters. The maximum absolute atomic E-state index is 4.24. The fourth-order valence-corrected chi connectivity index (χ4v) is 1.56. The molecule has 0 saturated carbocycles. The molecule has 0 atom stereocenters. The highest BCUT2D eigenvalue weighted by Crippen LogP contribution is 2.09. The normalized spacial score (nSPS) is 10.6. The molecule has 1 aromatic carbocycles. The molecule has 11 heavy (non-hydrogen) atoms. The Kier molecular flexibility index (Phi) is 1.45. The second-order valence-electron chi connectivity index (χ2n) is 2.68. The van der Waals surface area contributed by atoms with Gasteiger partial charge in [0.1, 0.15) is 11.0 Å². The van der Waals surface area contributed by atoms with Crippen molar-refractivity contribution in [3.63, 3.8) is 0 Å². The van der Waals surface area contributed by atoms with Gasteiger partial charge in [-0.15, -0.1) is 0 Å². The molecule has 0 aliphatic rings. The summed E-state index contributed by atoms with van der Waals surface area (Å²) in [5, 5.41) is 8.46. The second kappa shape index (κ2) is 2.33. The smallest absolute Gasteiger partial charge is 0.300 e. The first-order valence-electron chi connectivity index (χ1n) is 3.53. The van der Waals surface area contributed by atoms with Gasteiger partial charge in [0, 0.05) is 0 Å². The highest BCUT2D eigenvalue weighted by atomic mass is 27.1. The van der Waals surface area contributed by atoms with Gasteiger partial charge in [0.05, 0.1) is 0 Å². The van der Waals surface area contributed by atoms with Gasteiger partial charge in [-0.2, -0.15) is 10.2 Å². The number of benzene rings is 1. The number of aromatic nitrogens is 3. The summed E-state index contributed by atoms with van der Waals surface area (Å²) >= 11 is 0.855. The Bertz CT molecular complexity index is 393. The predicted molar refractivity (Wildman–Crippen MR) is 46.2 cm³/mol. The molecule has 2 rings (SSSR count). The maximum Gasteiger partial charge on any atom is 0.432 e. The van der Waals surface area contributed by atoms with Gasteiger partial charge in [-0.1, -0.05) is 6.07 Å². The third-order valence-electron chi connectivity index (χ3n) is 1.64. The van der Waals surface area contributed by atoms with Crippen molar-refractivity contribution in [3.05, 3.63) is 23.8 Å². The van der Waals surface area contributed by atoms with Gasteiger partial charge >= 0.3 is 16.5 Å². The predicted octanol–water partition coefficient (Wildman–Crippen LogP) is 0.136. The standard InChI is InChI=1S/C7H6N3.Al.2H/c1-5-2-3-6-7(4-5)9-10-8-6;;;/h2-4H,1H3;;;/q-1;+1;;.